The fourth-order valence-electron chi connectivity index (χ4n) is 2.52. The predicted molar refractivity (Wildman–Crippen MR) is 68.1 cm³/mol. The molecule has 0 spiro atoms. The summed E-state index contributed by atoms with van der Waals surface area (Å²) >= 11 is 6.10. The summed E-state index contributed by atoms with van der Waals surface area (Å²) < 4.78 is 5.84. The molecule has 4 nitrogen and oxygen atoms in total. The van der Waals surface area contributed by atoms with Crippen LogP contribution in [0.3, 0.4) is 0 Å². The van der Waals surface area contributed by atoms with Crippen molar-refractivity contribution >= 4 is 17.4 Å². The van der Waals surface area contributed by atoms with Gasteiger partial charge in [0.25, 0.3) is 0 Å². The van der Waals surface area contributed by atoms with Gasteiger partial charge < -0.3 is 15.0 Å². The molecule has 1 fully saturated rings. The van der Waals surface area contributed by atoms with Gasteiger partial charge >= 0.3 is 0 Å². The van der Waals surface area contributed by atoms with E-state index in [1.54, 1.807) is 6.20 Å². The summed E-state index contributed by atoms with van der Waals surface area (Å²) in [5.74, 6) is 1.82. The Labute approximate surface area is 106 Å². The minimum absolute atomic E-state index is 0.484. The number of nitrogens with one attached hydrogen (secondary N) is 1. The van der Waals surface area contributed by atoms with Crippen molar-refractivity contribution < 1.29 is 4.74 Å². The summed E-state index contributed by atoms with van der Waals surface area (Å²) in [6.07, 6.45) is 2.75. The molecule has 92 valence electrons. The fourth-order valence-corrected chi connectivity index (χ4v) is 2.66. The van der Waals surface area contributed by atoms with Gasteiger partial charge in [0, 0.05) is 43.9 Å². The first-order valence-electron chi connectivity index (χ1n) is 6.02. The number of rotatable bonds is 0. The van der Waals surface area contributed by atoms with Gasteiger partial charge in [-0.1, -0.05) is 11.6 Å². The van der Waals surface area contributed by atoms with Crippen molar-refractivity contribution in [3.63, 3.8) is 0 Å². The highest BCUT2D eigenvalue weighted by molar-refractivity contribution is 6.31. The first-order chi connectivity index (χ1) is 8.27. The second kappa shape index (κ2) is 4.35. The number of anilines is 1. The van der Waals surface area contributed by atoms with Crippen molar-refractivity contribution in [2.24, 2.45) is 0 Å². The van der Waals surface area contributed by atoms with Crippen LogP contribution in [-0.4, -0.2) is 37.3 Å². The van der Waals surface area contributed by atoms with Gasteiger partial charge in [0.15, 0.2) is 11.6 Å². The van der Waals surface area contributed by atoms with E-state index in [9.17, 15) is 0 Å². The zero-order valence-electron chi connectivity index (χ0n) is 9.87. The molecule has 1 aromatic heterocycles. The molecule has 0 aromatic carbocycles. The Morgan fingerprint density at radius 1 is 1.59 bits per heavy atom. The number of fused-ring (bicyclic) bond motifs is 3. The molecule has 3 heterocycles. The normalized spacial score (nSPS) is 23.4. The molecule has 0 radical (unpaired) electrons. The number of halogens is 1. The van der Waals surface area contributed by atoms with Crippen LogP contribution in [0.2, 0.25) is 5.02 Å². The third-order valence-electron chi connectivity index (χ3n) is 3.52. The zero-order chi connectivity index (χ0) is 11.8. The predicted octanol–water partition coefficient (Wildman–Crippen LogP) is 1.60. The van der Waals surface area contributed by atoms with E-state index < -0.39 is 0 Å². The summed E-state index contributed by atoms with van der Waals surface area (Å²) in [7, 11) is 0. The Bertz CT molecular complexity index is 438. The van der Waals surface area contributed by atoms with Crippen LogP contribution in [-0.2, 0) is 0 Å². The molecule has 0 bridgehead atoms. The molecule has 5 heteroatoms. The van der Waals surface area contributed by atoms with Gasteiger partial charge in [-0.05, 0) is 6.92 Å². The molecule has 2 aliphatic heterocycles. The van der Waals surface area contributed by atoms with Crippen LogP contribution in [0, 0.1) is 6.92 Å². The smallest absolute Gasteiger partial charge is 0.172 e. The number of hydrogen-bond acceptors (Lipinski definition) is 4. The summed E-state index contributed by atoms with van der Waals surface area (Å²) in [6.45, 7) is 5.71. The van der Waals surface area contributed by atoms with Gasteiger partial charge in [-0.3, -0.25) is 0 Å². The zero-order valence-corrected chi connectivity index (χ0v) is 10.6. The Balaban J connectivity index is 2.06. The van der Waals surface area contributed by atoms with E-state index in [4.69, 9.17) is 16.3 Å². The number of piperazine rings is 1. The van der Waals surface area contributed by atoms with Gasteiger partial charge in [-0.25, -0.2) is 4.98 Å². The van der Waals surface area contributed by atoms with E-state index in [0.717, 1.165) is 49.8 Å². The molecule has 2 aliphatic rings. The van der Waals surface area contributed by atoms with E-state index in [1.807, 2.05) is 6.92 Å². The molecular weight excluding hydrogens is 238 g/mol. The second-order valence-corrected chi connectivity index (χ2v) is 4.98. The number of pyridine rings is 1. The SMILES string of the molecule is Cc1c(Cl)cnc2c1OCCC1CNCCN21. The lowest BCUT2D eigenvalue weighted by atomic mass is 10.1. The molecule has 0 aliphatic carbocycles. The number of ether oxygens (including phenoxy) is 1. The molecule has 1 aromatic rings. The van der Waals surface area contributed by atoms with Crippen molar-refractivity contribution in [2.45, 2.75) is 19.4 Å². The van der Waals surface area contributed by atoms with E-state index in [2.05, 4.69) is 15.2 Å². The van der Waals surface area contributed by atoms with Gasteiger partial charge in [0.2, 0.25) is 0 Å². The maximum absolute atomic E-state index is 6.10. The first kappa shape index (κ1) is 11.1. The van der Waals surface area contributed by atoms with Gasteiger partial charge in [0.1, 0.15) is 0 Å². The lowest BCUT2D eigenvalue weighted by Gasteiger charge is -2.35. The highest BCUT2D eigenvalue weighted by atomic mass is 35.5. The molecule has 1 atom stereocenters. The highest BCUT2D eigenvalue weighted by Gasteiger charge is 2.29. The van der Waals surface area contributed by atoms with Crippen LogP contribution < -0.4 is 15.0 Å². The van der Waals surface area contributed by atoms with Crippen LogP contribution >= 0.6 is 11.6 Å². The number of hydrogen-bond donors (Lipinski definition) is 1. The van der Waals surface area contributed by atoms with E-state index in [-0.39, 0.29) is 0 Å². The standard InChI is InChI=1S/C12H16ClN3O/c1-8-10(13)7-15-12-11(8)17-5-2-9-6-14-3-4-16(9)12/h7,9,14H,2-6H2,1H3. The summed E-state index contributed by atoms with van der Waals surface area (Å²) in [5, 5.41) is 4.10. The van der Waals surface area contributed by atoms with E-state index >= 15 is 0 Å². The summed E-state index contributed by atoms with van der Waals surface area (Å²) in [4.78, 5) is 6.81. The van der Waals surface area contributed by atoms with Crippen LogP contribution in [0.5, 0.6) is 5.75 Å². The van der Waals surface area contributed by atoms with E-state index in [1.165, 1.54) is 0 Å². The topological polar surface area (TPSA) is 37.4 Å². The Morgan fingerprint density at radius 2 is 2.47 bits per heavy atom. The third kappa shape index (κ3) is 1.85. The van der Waals surface area contributed by atoms with Crippen molar-refractivity contribution in [1.29, 1.82) is 0 Å². The first-order valence-corrected chi connectivity index (χ1v) is 6.40. The van der Waals surface area contributed by atoms with E-state index in [0.29, 0.717) is 11.1 Å². The van der Waals surface area contributed by atoms with Crippen LogP contribution in [0.1, 0.15) is 12.0 Å². The van der Waals surface area contributed by atoms with Crippen LogP contribution in [0.15, 0.2) is 6.20 Å². The second-order valence-electron chi connectivity index (χ2n) is 4.57. The molecule has 1 N–H and O–H groups in total. The molecule has 0 saturated carbocycles. The Kier molecular flexibility index (Phi) is 2.84. The Morgan fingerprint density at radius 3 is 3.35 bits per heavy atom. The quantitative estimate of drug-likeness (QED) is 0.762. The van der Waals surface area contributed by atoms with Crippen molar-refractivity contribution in [3.8, 4) is 5.75 Å². The van der Waals surface area contributed by atoms with Crippen molar-refractivity contribution in [2.75, 3.05) is 31.1 Å². The lowest BCUT2D eigenvalue weighted by Crippen LogP contribution is -2.51. The molecule has 0 amide bonds. The molecule has 1 unspecified atom stereocenters. The maximum Gasteiger partial charge on any atom is 0.172 e. The minimum atomic E-state index is 0.484. The van der Waals surface area contributed by atoms with Gasteiger partial charge in [-0.2, -0.15) is 0 Å². The average molecular weight is 254 g/mol. The molecular formula is C12H16ClN3O. The molecule has 17 heavy (non-hydrogen) atoms. The fraction of sp³-hybridized carbons (Fsp3) is 0.583. The maximum atomic E-state index is 6.10. The number of nitrogens with zero attached hydrogens (tertiary/aromatic N) is 2. The van der Waals surface area contributed by atoms with Crippen molar-refractivity contribution in [3.05, 3.63) is 16.8 Å². The van der Waals surface area contributed by atoms with Gasteiger partial charge in [0.05, 0.1) is 11.6 Å². The average Bonchev–Trinajstić information content (AvgIpc) is 2.54. The van der Waals surface area contributed by atoms with Crippen LogP contribution in [0.25, 0.3) is 0 Å². The highest BCUT2D eigenvalue weighted by Crippen LogP contribution is 2.37. The summed E-state index contributed by atoms with van der Waals surface area (Å²) in [6, 6.07) is 0.484. The lowest BCUT2D eigenvalue weighted by molar-refractivity contribution is 0.302. The van der Waals surface area contributed by atoms with Gasteiger partial charge in [-0.15, -0.1) is 0 Å². The molecule has 1 saturated heterocycles. The summed E-state index contributed by atoms with van der Waals surface area (Å²) in [5.41, 5.74) is 0.996. The minimum Gasteiger partial charge on any atom is -0.489 e. The largest absolute Gasteiger partial charge is 0.489 e. The molecule has 3 rings (SSSR count). The Hall–Kier alpha value is -1.00. The van der Waals surface area contributed by atoms with Crippen molar-refractivity contribution in [1.82, 2.24) is 10.3 Å². The monoisotopic (exact) mass is 253 g/mol. The number of aromatic nitrogens is 1. The van der Waals surface area contributed by atoms with Crippen LogP contribution in [0.4, 0.5) is 5.82 Å². The third-order valence-corrected chi connectivity index (χ3v) is 3.90.